The van der Waals surface area contributed by atoms with Crippen molar-refractivity contribution in [2.45, 2.75) is 25.3 Å². The zero-order chi connectivity index (χ0) is 18.5. The number of thiazole rings is 1. The molecule has 2 aromatic rings. The third kappa shape index (κ3) is 4.94. The van der Waals surface area contributed by atoms with Crippen molar-refractivity contribution < 1.29 is 9.59 Å². The van der Waals surface area contributed by atoms with Crippen molar-refractivity contribution in [3.8, 4) is 0 Å². The van der Waals surface area contributed by atoms with Crippen LogP contribution in [0, 0.1) is 0 Å². The van der Waals surface area contributed by atoms with E-state index in [9.17, 15) is 9.59 Å². The smallest absolute Gasteiger partial charge is 0.241 e. The SMILES string of the molecule is O=C(CN1CCCCC1C(=O)Nc1ccc(Cl)c(Cl)c1)Nc1nccs1. The molecular formula is C17H18Cl2N4O2S. The number of hydrogen-bond acceptors (Lipinski definition) is 5. The number of aromatic nitrogens is 1. The molecule has 0 spiro atoms. The number of nitrogens with zero attached hydrogens (tertiary/aromatic N) is 2. The molecule has 3 rings (SSSR count). The molecule has 0 bridgehead atoms. The zero-order valence-corrected chi connectivity index (χ0v) is 16.2. The Kier molecular flexibility index (Phi) is 6.48. The Bertz CT molecular complexity index is 785. The standard InChI is InChI=1S/C17H18Cl2N4O2S/c18-12-5-4-11(9-13(12)19)21-16(25)14-3-1-2-7-23(14)10-15(24)22-17-20-6-8-26-17/h4-6,8-9,14H,1-3,7,10H2,(H,21,25)(H,20,22,24). The van der Waals surface area contributed by atoms with Crippen molar-refractivity contribution >= 4 is 57.2 Å². The maximum Gasteiger partial charge on any atom is 0.241 e. The summed E-state index contributed by atoms with van der Waals surface area (Å²) < 4.78 is 0. The van der Waals surface area contributed by atoms with Crippen molar-refractivity contribution in [2.24, 2.45) is 0 Å². The lowest BCUT2D eigenvalue weighted by molar-refractivity contribution is -0.124. The number of carbonyl (C=O) groups is 2. The number of hydrogen-bond donors (Lipinski definition) is 2. The summed E-state index contributed by atoms with van der Waals surface area (Å²) in [6.07, 6.45) is 4.25. The van der Waals surface area contributed by atoms with Gasteiger partial charge in [-0.1, -0.05) is 29.6 Å². The fraction of sp³-hybridized carbons (Fsp3) is 0.353. The first-order chi connectivity index (χ1) is 12.5. The van der Waals surface area contributed by atoms with Gasteiger partial charge >= 0.3 is 0 Å². The lowest BCUT2D eigenvalue weighted by Gasteiger charge is -2.34. The van der Waals surface area contributed by atoms with Gasteiger partial charge in [0.15, 0.2) is 5.13 Å². The highest BCUT2D eigenvalue weighted by Crippen LogP contribution is 2.26. The molecule has 1 unspecified atom stereocenters. The third-order valence-corrected chi connectivity index (χ3v) is 5.56. The average Bonchev–Trinajstić information content (AvgIpc) is 3.11. The van der Waals surface area contributed by atoms with Crippen LogP contribution >= 0.6 is 34.5 Å². The molecule has 2 N–H and O–H groups in total. The summed E-state index contributed by atoms with van der Waals surface area (Å²) in [6, 6.07) is 4.60. The van der Waals surface area contributed by atoms with E-state index in [-0.39, 0.29) is 24.4 Å². The normalized spacial score (nSPS) is 17.7. The first-order valence-corrected chi connectivity index (χ1v) is 9.86. The Labute approximate surface area is 165 Å². The molecule has 1 aliphatic rings. The van der Waals surface area contributed by atoms with Crippen LogP contribution in [0.5, 0.6) is 0 Å². The van der Waals surface area contributed by atoms with E-state index in [4.69, 9.17) is 23.2 Å². The minimum Gasteiger partial charge on any atom is -0.325 e. The summed E-state index contributed by atoms with van der Waals surface area (Å²) in [5.74, 6) is -0.320. The van der Waals surface area contributed by atoms with Crippen LogP contribution < -0.4 is 10.6 Å². The van der Waals surface area contributed by atoms with Crippen LogP contribution in [0.1, 0.15) is 19.3 Å². The number of rotatable bonds is 5. The Balaban J connectivity index is 1.62. The molecule has 1 aromatic heterocycles. The number of piperidine rings is 1. The van der Waals surface area contributed by atoms with E-state index < -0.39 is 0 Å². The summed E-state index contributed by atoms with van der Waals surface area (Å²) in [5, 5.41) is 8.79. The van der Waals surface area contributed by atoms with Crippen LogP contribution in [-0.2, 0) is 9.59 Å². The zero-order valence-electron chi connectivity index (χ0n) is 13.9. The first kappa shape index (κ1) is 19.1. The summed E-state index contributed by atoms with van der Waals surface area (Å²) in [6.45, 7) is 0.851. The van der Waals surface area contributed by atoms with Crippen LogP contribution in [0.4, 0.5) is 10.8 Å². The average molecular weight is 413 g/mol. The molecule has 26 heavy (non-hydrogen) atoms. The molecule has 9 heteroatoms. The summed E-state index contributed by atoms with van der Waals surface area (Å²) in [4.78, 5) is 30.9. The van der Waals surface area contributed by atoms with Gasteiger partial charge in [-0.05, 0) is 37.6 Å². The van der Waals surface area contributed by atoms with Gasteiger partial charge in [-0.2, -0.15) is 0 Å². The summed E-state index contributed by atoms with van der Waals surface area (Å²) in [7, 11) is 0. The predicted molar refractivity (Wildman–Crippen MR) is 105 cm³/mol. The topological polar surface area (TPSA) is 74.3 Å². The van der Waals surface area contributed by atoms with E-state index in [0.717, 1.165) is 12.8 Å². The van der Waals surface area contributed by atoms with Crippen LogP contribution in [0.3, 0.4) is 0 Å². The second-order valence-corrected chi connectivity index (χ2v) is 7.69. The minimum absolute atomic E-state index is 0.148. The highest BCUT2D eigenvalue weighted by atomic mass is 35.5. The van der Waals surface area contributed by atoms with Gasteiger partial charge < -0.3 is 10.6 Å². The lowest BCUT2D eigenvalue weighted by atomic mass is 10.0. The molecule has 2 heterocycles. The van der Waals surface area contributed by atoms with Gasteiger partial charge in [0, 0.05) is 17.3 Å². The maximum absolute atomic E-state index is 12.7. The molecule has 0 radical (unpaired) electrons. The quantitative estimate of drug-likeness (QED) is 0.780. The fourth-order valence-electron chi connectivity index (χ4n) is 2.91. The highest BCUT2D eigenvalue weighted by Gasteiger charge is 2.30. The molecule has 1 atom stereocenters. The number of anilines is 2. The molecule has 6 nitrogen and oxygen atoms in total. The van der Waals surface area contributed by atoms with E-state index in [1.807, 2.05) is 4.90 Å². The van der Waals surface area contributed by atoms with E-state index in [0.29, 0.717) is 33.8 Å². The number of likely N-dealkylation sites (tertiary alicyclic amines) is 1. The second-order valence-electron chi connectivity index (χ2n) is 5.99. The van der Waals surface area contributed by atoms with Gasteiger partial charge in [-0.15, -0.1) is 11.3 Å². The molecule has 138 valence electrons. The van der Waals surface area contributed by atoms with Gasteiger partial charge in [0.25, 0.3) is 0 Å². The maximum atomic E-state index is 12.7. The Morgan fingerprint density at radius 3 is 2.81 bits per heavy atom. The Morgan fingerprint density at radius 2 is 2.08 bits per heavy atom. The number of nitrogens with one attached hydrogen (secondary N) is 2. The summed E-state index contributed by atoms with van der Waals surface area (Å²) >= 11 is 13.3. The minimum atomic E-state index is -0.361. The second kappa shape index (κ2) is 8.81. The van der Waals surface area contributed by atoms with E-state index in [1.54, 1.807) is 29.8 Å². The van der Waals surface area contributed by atoms with Crippen molar-refractivity contribution in [1.29, 1.82) is 0 Å². The van der Waals surface area contributed by atoms with Crippen molar-refractivity contribution in [3.63, 3.8) is 0 Å². The molecule has 1 aliphatic heterocycles. The van der Waals surface area contributed by atoms with Gasteiger partial charge in [0.1, 0.15) is 0 Å². The highest BCUT2D eigenvalue weighted by molar-refractivity contribution is 7.13. The van der Waals surface area contributed by atoms with Gasteiger partial charge in [-0.3, -0.25) is 14.5 Å². The lowest BCUT2D eigenvalue weighted by Crippen LogP contribution is -2.49. The molecular weight excluding hydrogens is 395 g/mol. The first-order valence-electron chi connectivity index (χ1n) is 8.22. The number of carbonyl (C=O) groups excluding carboxylic acids is 2. The Hall–Kier alpha value is -1.67. The molecule has 1 saturated heterocycles. The largest absolute Gasteiger partial charge is 0.325 e. The number of benzene rings is 1. The van der Waals surface area contributed by atoms with E-state index >= 15 is 0 Å². The third-order valence-electron chi connectivity index (χ3n) is 4.13. The van der Waals surface area contributed by atoms with Gasteiger partial charge in [0.05, 0.1) is 22.6 Å². The molecule has 1 fully saturated rings. The molecule has 0 saturated carbocycles. The van der Waals surface area contributed by atoms with Crippen molar-refractivity contribution in [1.82, 2.24) is 9.88 Å². The van der Waals surface area contributed by atoms with E-state index in [1.165, 1.54) is 11.3 Å². The Morgan fingerprint density at radius 1 is 1.23 bits per heavy atom. The van der Waals surface area contributed by atoms with Crippen LogP contribution in [-0.4, -0.2) is 40.8 Å². The molecule has 2 amide bonds. The number of halogens is 2. The predicted octanol–water partition coefficient (Wildman–Crippen LogP) is 3.88. The van der Waals surface area contributed by atoms with Gasteiger partial charge in [-0.25, -0.2) is 4.98 Å². The molecule has 1 aromatic carbocycles. The monoisotopic (exact) mass is 412 g/mol. The van der Waals surface area contributed by atoms with Crippen molar-refractivity contribution in [2.75, 3.05) is 23.7 Å². The summed E-state index contributed by atoms with van der Waals surface area (Å²) in [5.41, 5.74) is 0.585. The molecule has 0 aliphatic carbocycles. The van der Waals surface area contributed by atoms with Crippen molar-refractivity contribution in [3.05, 3.63) is 39.8 Å². The van der Waals surface area contributed by atoms with Crippen LogP contribution in [0.25, 0.3) is 0 Å². The fourth-order valence-corrected chi connectivity index (χ4v) is 3.75. The van der Waals surface area contributed by atoms with Gasteiger partial charge in [0.2, 0.25) is 11.8 Å². The van der Waals surface area contributed by atoms with E-state index in [2.05, 4.69) is 15.6 Å². The van der Waals surface area contributed by atoms with Crippen LogP contribution in [0.2, 0.25) is 10.0 Å². The van der Waals surface area contributed by atoms with Crippen LogP contribution in [0.15, 0.2) is 29.8 Å². The number of amides is 2.